The summed E-state index contributed by atoms with van der Waals surface area (Å²) in [6, 6.07) is 1.21. The van der Waals surface area contributed by atoms with Crippen LogP contribution in [0.2, 0.25) is 0 Å². The number of anilines is 1. The van der Waals surface area contributed by atoms with E-state index in [1.807, 2.05) is 0 Å². The second-order valence-corrected chi connectivity index (χ2v) is 2.88. The molecule has 2 N–H and O–H groups in total. The van der Waals surface area contributed by atoms with E-state index >= 15 is 0 Å². The van der Waals surface area contributed by atoms with Gasteiger partial charge in [-0.05, 0) is 0 Å². The van der Waals surface area contributed by atoms with Gasteiger partial charge in [-0.3, -0.25) is 0 Å². The molecule has 0 bridgehead atoms. The Morgan fingerprint density at radius 3 is 3.00 bits per heavy atom. The summed E-state index contributed by atoms with van der Waals surface area (Å²) in [5, 5.41) is 0. The highest BCUT2D eigenvalue weighted by Gasteiger charge is 2.26. The Kier molecular flexibility index (Phi) is 2.11. The van der Waals surface area contributed by atoms with Crippen molar-refractivity contribution in [3.8, 4) is 11.5 Å². The Morgan fingerprint density at radius 2 is 2.33 bits per heavy atom. The molecule has 2 rings (SSSR count). The van der Waals surface area contributed by atoms with Crippen LogP contribution in [-0.2, 0) is 4.74 Å². The first-order chi connectivity index (χ1) is 7.15. The molecule has 0 aliphatic carbocycles. The number of fused-ring (bicyclic) bond motifs is 1. The summed E-state index contributed by atoms with van der Waals surface area (Å²) in [5.41, 5.74) is 4.93. The third kappa shape index (κ3) is 1.34. The van der Waals surface area contributed by atoms with Gasteiger partial charge in [-0.2, -0.15) is 0 Å². The molecule has 1 heterocycles. The number of hydrogen-bond acceptors (Lipinski definition) is 5. The standard InChI is InChI=1S/C9H8FNO4/c1-13-9(12)4-2-5-8(15-3-14-5)7(11)6(4)10/h2H,3,11H2,1H3. The van der Waals surface area contributed by atoms with Crippen LogP contribution in [0.5, 0.6) is 11.5 Å². The molecule has 1 aromatic rings. The van der Waals surface area contributed by atoms with Crippen LogP contribution in [0.1, 0.15) is 10.4 Å². The first-order valence-corrected chi connectivity index (χ1v) is 4.11. The summed E-state index contributed by atoms with van der Waals surface area (Å²) in [5.74, 6) is -1.29. The van der Waals surface area contributed by atoms with Crippen molar-refractivity contribution in [1.29, 1.82) is 0 Å². The van der Waals surface area contributed by atoms with Crippen LogP contribution in [0, 0.1) is 5.82 Å². The van der Waals surface area contributed by atoms with E-state index in [-0.39, 0.29) is 29.5 Å². The quantitative estimate of drug-likeness (QED) is 0.554. The highest BCUT2D eigenvalue weighted by Crippen LogP contribution is 2.40. The molecule has 0 radical (unpaired) electrons. The first kappa shape index (κ1) is 9.57. The lowest BCUT2D eigenvalue weighted by molar-refractivity contribution is 0.0595. The zero-order valence-electron chi connectivity index (χ0n) is 7.87. The highest BCUT2D eigenvalue weighted by molar-refractivity contribution is 5.92. The van der Waals surface area contributed by atoms with Gasteiger partial charge in [-0.25, -0.2) is 9.18 Å². The number of halogens is 1. The van der Waals surface area contributed by atoms with Gasteiger partial charge in [0.05, 0.1) is 7.11 Å². The van der Waals surface area contributed by atoms with Gasteiger partial charge in [0.25, 0.3) is 0 Å². The molecule has 0 fully saturated rings. The third-order valence-corrected chi connectivity index (χ3v) is 2.04. The van der Waals surface area contributed by atoms with Crippen LogP contribution in [0.15, 0.2) is 6.07 Å². The van der Waals surface area contributed by atoms with Crippen LogP contribution >= 0.6 is 0 Å². The van der Waals surface area contributed by atoms with E-state index in [0.29, 0.717) is 0 Å². The average Bonchev–Trinajstić information content (AvgIpc) is 2.70. The largest absolute Gasteiger partial charge is 0.465 e. The Morgan fingerprint density at radius 1 is 1.60 bits per heavy atom. The molecule has 5 nitrogen and oxygen atoms in total. The summed E-state index contributed by atoms with van der Waals surface area (Å²) in [6.07, 6.45) is 0. The second kappa shape index (κ2) is 3.30. The fourth-order valence-corrected chi connectivity index (χ4v) is 1.30. The molecule has 0 saturated carbocycles. The molecule has 0 saturated heterocycles. The second-order valence-electron chi connectivity index (χ2n) is 2.88. The summed E-state index contributed by atoms with van der Waals surface area (Å²) in [7, 11) is 1.16. The number of methoxy groups -OCH3 is 1. The number of carbonyl (C=O) groups excluding carboxylic acids is 1. The molecule has 0 aromatic heterocycles. The topological polar surface area (TPSA) is 70.8 Å². The van der Waals surface area contributed by atoms with Crippen molar-refractivity contribution in [2.45, 2.75) is 0 Å². The Labute approximate surface area is 84.5 Å². The van der Waals surface area contributed by atoms with Gasteiger partial charge >= 0.3 is 5.97 Å². The zero-order valence-corrected chi connectivity index (χ0v) is 7.87. The molecular formula is C9H8FNO4. The number of ether oxygens (including phenoxy) is 3. The average molecular weight is 213 g/mol. The maximum absolute atomic E-state index is 13.5. The lowest BCUT2D eigenvalue weighted by atomic mass is 10.1. The Bertz CT molecular complexity index is 433. The molecule has 1 aliphatic heterocycles. The van der Waals surface area contributed by atoms with E-state index in [9.17, 15) is 9.18 Å². The van der Waals surface area contributed by atoms with Crippen molar-refractivity contribution in [2.75, 3.05) is 19.6 Å². The Hall–Kier alpha value is -1.98. The highest BCUT2D eigenvalue weighted by atomic mass is 19.1. The summed E-state index contributed by atoms with van der Waals surface area (Å²) < 4.78 is 27.9. The lowest BCUT2D eigenvalue weighted by Gasteiger charge is -2.06. The number of benzene rings is 1. The van der Waals surface area contributed by atoms with Crippen LogP contribution in [0.3, 0.4) is 0 Å². The van der Waals surface area contributed by atoms with E-state index in [0.717, 1.165) is 7.11 Å². The van der Waals surface area contributed by atoms with Gasteiger partial charge < -0.3 is 19.9 Å². The smallest absolute Gasteiger partial charge is 0.341 e. The zero-order chi connectivity index (χ0) is 11.0. The van der Waals surface area contributed by atoms with Crippen LogP contribution < -0.4 is 15.2 Å². The molecule has 1 aliphatic rings. The molecule has 1 aromatic carbocycles. The SMILES string of the molecule is COC(=O)c1cc2c(c(N)c1F)OCO2. The number of nitrogen functional groups attached to an aromatic ring is 1. The molecule has 0 amide bonds. The van der Waals surface area contributed by atoms with E-state index in [4.69, 9.17) is 15.2 Å². The van der Waals surface area contributed by atoms with Crippen molar-refractivity contribution in [3.05, 3.63) is 17.4 Å². The molecule has 80 valence electrons. The minimum absolute atomic E-state index is 0.0381. The number of carbonyl (C=O) groups is 1. The molecule has 0 spiro atoms. The minimum atomic E-state index is -0.855. The van der Waals surface area contributed by atoms with Gasteiger partial charge in [0.2, 0.25) is 6.79 Å². The van der Waals surface area contributed by atoms with E-state index in [2.05, 4.69) is 4.74 Å². The van der Waals surface area contributed by atoms with Gasteiger partial charge in [0.1, 0.15) is 11.3 Å². The third-order valence-electron chi connectivity index (χ3n) is 2.04. The number of hydrogen-bond donors (Lipinski definition) is 1. The van der Waals surface area contributed by atoms with Gasteiger partial charge in [-0.15, -0.1) is 0 Å². The lowest BCUT2D eigenvalue weighted by Crippen LogP contribution is -2.07. The van der Waals surface area contributed by atoms with Gasteiger partial charge in [0.15, 0.2) is 17.3 Å². The maximum Gasteiger partial charge on any atom is 0.341 e. The normalized spacial score (nSPS) is 12.7. The molecule has 0 atom stereocenters. The van der Waals surface area contributed by atoms with Crippen molar-refractivity contribution in [2.24, 2.45) is 0 Å². The summed E-state index contributed by atoms with van der Waals surface area (Å²) >= 11 is 0. The predicted octanol–water partition coefficient (Wildman–Crippen LogP) is 0.923. The maximum atomic E-state index is 13.5. The van der Waals surface area contributed by atoms with E-state index < -0.39 is 11.8 Å². The molecule has 0 unspecified atom stereocenters. The fourth-order valence-electron chi connectivity index (χ4n) is 1.30. The van der Waals surface area contributed by atoms with Crippen molar-refractivity contribution in [1.82, 2.24) is 0 Å². The monoisotopic (exact) mass is 213 g/mol. The number of nitrogens with two attached hydrogens (primary N) is 1. The van der Waals surface area contributed by atoms with Crippen LogP contribution in [0.25, 0.3) is 0 Å². The number of rotatable bonds is 1. The molecule has 15 heavy (non-hydrogen) atoms. The van der Waals surface area contributed by atoms with Crippen LogP contribution in [-0.4, -0.2) is 19.9 Å². The molecule has 6 heteroatoms. The summed E-state index contributed by atoms with van der Waals surface area (Å²) in [4.78, 5) is 11.2. The van der Waals surface area contributed by atoms with Crippen molar-refractivity contribution < 1.29 is 23.4 Å². The Balaban J connectivity index is 2.59. The van der Waals surface area contributed by atoms with Gasteiger partial charge in [0, 0.05) is 6.07 Å². The predicted molar refractivity (Wildman–Crippen MR) is 48.3 cm³/mol. The van der Waals surface area contributed by atoms with Crippen molar-refractivity contribution in [3.63, 3.8) is 0 Å². The number of esters is 1. The van der Waals surface area contributed by atoms with E-state index in [1.165, 1.54) is 6.07 Å². The molecular weight excluding hydrogens is 205 g/mol. The minimum Gasteiger partial charge on any atom is -0.465 e. The van der Waals surface area contributed by atoms with Crippen molar-refractivity contribution >= 4 is 11.7 Å². The summed E-state index contributed by atoms with van der Waals surface area (Å²) in [6.45, 7) is -0.0381. The fraction of sp³-hybridized carbons (Fsp3) is 0.222. The van der Waals surface area contributed by atoms with Crippen LogP contribution in [0.4, 0.5) is 10.1 Å². The first-order valence-electron chi connectivity index (χ1n) is 4.11. The van der Waals surface area contributed by atoms with E-state index in [1.54, 1.807) is 0 Å². The van der Waals surface area contributed by atoms with Gasteiger partial charge in [-0.1, -0.05) is 0 Å².